The number of pyridine rings is 1. The molecule has 0 radical (unpaired) electrons. The number of rotatable bonds is 6. The van der Waals surface area contributed by atoms with Gasteiger partial charge >= 0.3 is 0 Å². The van der Waals surface area contributed by atoms with Crippen LogP contribution in [0.5, 0.6) is 0 Å². The Morgan fingerprint density at radius 2 is 1.73 bits per heavy atom. The van der Waals surface area contributed by atoms with Gasteiger partial charge in [0.15, 0.2) is 0 Å². The van der Waals surface area contributed by atoms with Crippen LogP contribution in [-0.2, 0) is 4.79 Å². The minimum absolute atomic E-state index is 0.0631. The summed E-state index contributed by atoms with van der Waals surface area (Å²) in [7, 11) is 0. The normalized spacial score (nSPS) is 22.4. The van der Waals surface area contributed by atoms with E-state index in [4.69, 9.17) is 0 Å². The van der Waals surface area contributed by atoms with Crippen LogP contribution in [0.25, 0.3) is 0 Å². The van der Waals surface area contributed by atoms with Crippen molar-refractivity contribution in [3.63, 3.8) is 0 Å². The van der Waals surface area contributed by atoms with E-state index in [0.717, 1.165) is 56.7 Å². The maximum absolute atomic E-state index is 12.3. The highest BCUT2D eigenvalue weighted by molar-refractivity contribution is 5.92. The predicted octanol–water partition coefficient (Wildman–Crippen LogP) is 2.04. The lowest BCUT2D eigenvalue weighted by Gasteiger charge is -2.34. The number of carbonyl (C=O) groups excluding carboxylic acids is 1. The molecule has 0 unspecified atom stereocenters. The van der Waals surface area contributed by atoms with E-state index < -0.39 is 0 Å². The van der Waals surface area contributed by atoms with Crippen LogP contribution < -0.4 is 10.2 Å². The SMILES string of the molecule is O=C(CN1CCN(CC2CC2)CC1)Nc1ccc(N2CCCCC2)nc1. The minimum Gasteiger partial charge on any atom is -0.357 e. The second-order valence-electron chi connectivity index (χ2n) is 8.02. The smallest absolute Gasteiger partial charge is 0.238 e. The summed E-state index contributed by atoms with van der Waals surface area (Å²) in [6.07, 6.45) is 8.41. The van der Waals surface area contributed by atoms with Crippen LogP contribution in [0.2, 0.25) is 0 Å². The molecule has 6 nitrogen and oxygen atoms in total. The molecule has 0 bridgehead atoms. The van der Waals surface area contributed by atoms with Gasteiger partial charge in [-0.05, 0) is 50.2 Å². The Kier molecular flexibility index (Phi) is 5.70. The van der Waals surface area contributed by atoms with Crippen molar-refractivity contribution in [2.45, 2.75) is 32.1 Å². The lowest BCUT2D eigenvalue weighted by atomic mass is 10.1. The van der Waals surface area contributed by atoms with E-state index in [1.165, 1.54) is 38.6 Å². The highest BCUT2D eigenvalue weighted by Crippen LogP contribution is 2.29. The topological polar surface area (TPSA) is 51.7 Å². The third-order valence-corrected chi connectivity index (χ3v) is 5.76. The van der Waals surface area contributed by atoms with Gasteiger partial charge in [0.2, 0.25) is 5.91 Å². The molecule has 142 valence electrons. The molecule has 0 atom stereocenters. The zero-order valence-electron chi connectivity index (χ0n) is 15.7. The van der Waals surface area contributed by atoms with Gasteiger partial charge in [-0.3, -0.25) is 9.69 Å². The average Bonchev–Trinajstić information content (AvgIpc) is 3.49. The van der Waals surface area contributed by atoms with Crippen LogP contribution >= 0.6 is 0 Å². The van der Waals surface area contributed by atoms with Crippen LogP contribution in [0.1, 0.15) is 32.1 Å². The van der Waals surface area contributed by atoms with Crippen molar-refractivity contribution < 1.29 is 4.79 Å². The molecular weight excluding hydrogens is 326 g/mol. The first-order valence-corrected chi connectivity index (χ1v) is 10.2. The van der Waals surface area contributed by atoms with E-state index >= 15 is 0 Å². The Morgan fingerprint density at radius 1 is 1.00 bits per heavy atom. The van der Waals surface area contributed by atoms with Crippen molar-refractivity contribution in [3.8, 4) is 0 Å². The number of aromatic nitrogens is 1. The molecule has 0 aromatic carbocycles. The summed E-state index contributed by atoms with van der Waals surface area (Å²) in [5.74, 6) is 2.04. The molecule has 1 aromatic rings. The van der Waals surface area contributed by atoms with Crippen molar-refractivity contribution >= 4 is 17.4 Å². The van der Waals surface area contributed by atoms with Gasteiger partial charge in [0.1, 0.15) is 5.82 Å². The molecule has 1 amide bonds. The monoisotopic (exact) mass is 357 g/mol. The number of nitrogens with one attached hydrogen (secondary N) is 1. The van der Waals surface area contributed by atoms with Crippen molar-refractivity contribution in [1.82, 2.24) is 14.8 Å². The number of carbonyl (C=O) groups is 1. The Balaban J connectivity index is 1.20. The third kappa shape index (κ3) is 4.95. The Hall–Kier alpha value is -1.66. The lowest BCUT2D eigenvalue weighted by molar-refractivity contribution is -0.117. The number of amides is 1. The lowest BCUT2D eigenvalue weighted by Crippen LogP contribution is -2.49. The largest absolute Gasteiger partial charge is 0.357 e. The fourth-order valence-electron chi connectivity index (χ4n) is 3.97. The molecule has 3 heterocycles. The van der Waals surface area contributed by atoms with Crippen molar-refractivity contribution in [2.75, 3.05) is 62.6 Å². The first kappa shape index (κ1) is 17.7. The highest BCUT2D eigenvalue weighted by Gasteiger charge is 2.26. The Morgan fingerprint density at radius 3 is 2.38 bits per heavy atom. The fourth-order valence-corrected chi connectivity index (χ4v) is 3.97. The van der Waals surface area contributed by atoms with E-state index in [1.54, 1.807) is 6.20 Å². The molecular formula is C20H31N5O. The Labute approximate surface area is 156 Å². The van der Waals surface area contributed by atoms with E-state index in [0.29, 0.717) is 6.54 Å². The van der Waals surface area contributed by atoms with Gasteiger partial charge in [-0.25, -0.2) is 4.98 Å². The maximum Gasteiger partial charge on any atom is 0.238 e. The van der Waals surface area contributed by atoms with Crippen molar-refractivity contribution in [2.24, 2.45) is 5.92 Å². The molecule has 26 heavy (non-hydrogen) atoms. The van der Waals surface area contributed by atoms with Crippen molar-refractivity contribution in [3.05, 3.63) is 18.3 Å². The summed E-state index contributed by atoms with van der Waals surface area (Å²) in [6.45, 7) is 8.08. The molecule has 6 heteroatoms. The van der Waals surface area contributed by atoms with Crippen LogP contribution in [0.3, 0.4) is 0 Å². The van der Waals surface area contributed by atoms with Crippen LogP contribution in [-0.4, -0.2) is 73.0 Å². The third-order valence-electron chi connectivity index (χ3n) is 5.76. The predicted molar refractivity (Wildman–Crippen MR) is 105 cm³/mol. The van der Waals surface area contributed by atoms with Gasteiger partial charge in [-0.15, -0.1) is 0 Å². The molecule has 2 saturated heterocycles. The number of hydrogen-bond acceptors (Lipinski definition) is 5. The molecule has 3 aliphatic rings. The van der Waals surface area contributed by atoms with Gasteiger partial charge in [-0.2, -0.15) is 0 Å². The van der Waals surface area contributed by atoms with Gasteiger partial charge in [0.25, 0.3) is 0 Å². The standard InChI is InChI=1S/C20H31N5O/c26-20(16-24-12-10-23(11-13-24)15-17-4-5-17)22-18-6-7-19(21-14-18)25-8-2-1-3-9-25/h6-7,14,17H,1-5,8-13,15-16H2,(H,22,26). The number of piperidine rings is 1. The van der Waals surface area contributed by atoms with Crippen LogP contribution in [0, 0.1) is 5.92 Å². The number of hydrogen-bond donors (Lipinski definition) is 1. The van der Waals surface area contributed by atoms with Gasteiger partial charge in [0.05, 0.1) is 18.4 Å². The van der Waals surface area contributed by atoms with Crippen LogP contribution in [0.4, 0.5) is 11.5 Å². The number of piperazine rings is 1. The minimum atomic E-state index is 0.0631. The van der Waals surface area contributed by atoms with E-state index in [2.05, 4.69) is 25.0 Å². The summed E-state index contributed by atoms with van der Waals surface area (Å²) >= 11 is 0. The zero-order chi connectivity index (χ0) is 17.8. The second kappa shape index (κ2) is 8.35. The van der Waals surface area contributed by atoms with Gasteiger partial charge in [0, 0.05) is 45.8 Å². The molecule has 1 saturated carbocycles. The number of nitrogens with zero attached hydrogens (tertiary/aromatic N) is 4. The average molecular weight is 358 g/mol. The molecule has 1 N–H and O–H groups in total. The Bertz CT molecular complexity index is 587. The summed E-state index contributed by atoms with van der Waals surface area (Å²) < 4.78 is 0. The number of anilines is 2. The second-order valence-corrected chi connectivity index (χ2v) is 8.02. The quantitative estimate of drug-likeness (QED) is 0.844. The molecule has 0 spiro atoms. The van der Waals surface area contributed by atoms with Gasteiger partial charge in [-0.1, -0.05) is 0 Å². The summed E-state index contributed by atoms with van der Waals surface area (Å²) in [5, 5.41) is 3.00. The fraction of sp³-hybridized carbons (Fsp3) is 0.700. The molecule has 4 rings (SSSR count). The van der Waals surface area contributed by atoms with E-state index in [1.807, 2.05) is 12.1 Å². The first-order chi connectivity index (χ1) is 12.8. The first-order valence-electron chi connectivity index (χ1n) is 10.2. The molecule has 2 aliphatic heterocycles. The molecule has 3 fully saturated rings. The maximum atomic E-state index is 12.3. The van der Waals surface area contributed by atoms with Gasteiger partial charge < -0.3 is 15.1 Å². The molecule has 1 aliphatic carbocycles. The van der Waals surface area contributed by atoms with Crippen LogP contribution in [0.15, 0.2) is 18.3 Å². The summed E-state index contributed by atoms with van der Waals surface area (Å²) in [6, 6.07) is 4.00. The summed E-state index contributed by atoms with van der Waals surface area (Å²) in [5.41, 5.74) is 0.795. The van der Waals surface area contributed by atoms with Crippen molar-refractivity contribution in [1.29, 1.82) is 0 Å². The molecule has 1 aromatic heterocycles. The van der Waals surface area contributed by atoms with E-state index in [9.17, 15) is 4.79 Å². The zero-order valence-corrected chi connectivity index (χ0v) is 15.7. The highest BCUT2D eigenvalue weighted by atomic mass is 16.2. The van der Waals surface area contributed by atoms with E-state index in [-0.39, 0.29) is 5.91 Å². The summed E-state index contributed by atoms with van der Waals surface area (Å²) in [4.78, 5) is 24.0.